The highest BCUT2D eigenvalue weighted by atomic mass is 19.4. The Morgan fingerprint density at radius 2 is 1.95 bits per heavy atom. The molecule has 110 valence electrons. The highest BCUT2D eigenvalue weighted by Crippen LogP contribution is 2.54. The zero-order chi connectivity index (χ0) is 15.0. The fraction of sp³-hybridized carbons (Fsp3) is 0.500. The van der Waals surface area contributed by atoms with E-state index in [4.69, 9.17) is 4.74 Å². The number of benzene rings is 1. The molecule has 3 nitrogen and oxygen atoms in total. The summed E-state index contributed by atoms with van der Waals surface area (Å²) in [6.45, 7) is 3.96. The van der Waals surface area contributed by atoms with Crippen LogP contribution in [0.1, 0.15) is 25.8 Å². The predicted octanol–water partition coefficient (Wildman–Crippen LogP) is 3.43. The molecular weight excluding hydrogens is 273 g/mol. The SMILES string of the molecule is CCOC(=O)C1CC1(C)c1ccc(OC(F)(F)F)cc1. The Balaban J connectivity index is 2.06. The number of hydrogen-bond acceptors (Lipinski definition) is 3. The standard InChI is InChI=1S/C14H15F3O3/c1-3-19-12(18)11-8-13(11,2)9-4-6-10(7-5-9)20-14(15,16)17/h4-7,11H,3,8H2,1-2H3. The molecule has 6 heteroatoms. The Morgan fingerprint density at radius 1 is 1.35 bits per heavy atom. The minimum atomic E-state index is -4.70. The zero-order valence-electron chi connectivity index (χ0n) is 11.2. The van der Waals surface area contributed by atoms with Gasteiger partial charge in [-0.15, -0.1) is 13.2 Å². The van der Waals surface area contributed by atoms with Crippen LogP contribution in [0.15, 0.2) is 24.3 Å². The predicted molar refractivity (Wildman–Crippen MR) is 65.2 cm³/mol. The minimum absolute atomic E-state index is 0.225. The second kappa shape index (κ2) is 5.00. The van der Waals surface area contributed by atoms with E-state index in [-0.39, 0.29) is 23.1 Å². The van der Waals surface area contributed by atoms with Crippen molar-refractivity contribution in [1.29, 1.82) is 0 Å². The first kappa shape index (κ1) is 14.7. The summed E-state index contributed by atoms with van der Waals surface area (Å²) in [6.07, 6.45) is -4.05. The number of halogens is 3. The molecule has 0 N–H and O–H groups in total. The molecule has 0 bridgehead atoms. The molecule has 20 heavy (non-hydrogen) atoms. The van der Waals surface area contributed by atoms with Crippen molar-refractivity contribution in [3.8, 4) is 5.75 Å². The van der Waals surface area contributed by atoms with Gasteiger partial charge in [0, 0.05) is 5.41 Å². The molecule has 2 unspecified atom stereocenters. The number of alkyl halides is 3. The van der Waals surface area contributed by atoms with Crippen molar-refractivity contribution >= 4 is 5.97 Å². The van der Waals surface area contributed by atoms with Crippen LogP contribution >= 0.6 is 0 Å². The lowest BCUT2D eigenvalue weighted by Gasteiger charge is -2.13. The minimum Gasteiger partial charge on any atom is -0.466 e. The molecule has 0 radical (unpaired) electrons. The topological polar surface area (TPSA) is 35.5 Å². The van der Waals surface area contributed by atoms with Crippen LogP contribution in [0, 0.1) is 5.92 Å². The monoisotopic (exact) mass is 288 g/mol. The van der Waals surface area contributed by atoms with Gasteiger partial charge in [0.15, 0.2) is 0 Å². The van der Waals surface area contributed by atoms with Gasteiger partial charge in [-0.3, -0.25) is 4.79 Å². The van der Waals surface area contributed by atoms with Gasteiger partial charge in [0.25, 0.3) is 0 Å². The second-order valence-corrected chi connectivity index (χ2v) is 5.00. The van der Waals surface area contributed by atoms with Gasteiger partial charge in [-0.2, -0.15) is 0 Å². The summed E-state index contributed by atoms with van der Waals surface area (Å²) in [5, 5.41) is 0. The van der Waals surface area contributed by atoms with E-state index >= 15 is 0 Å². The third-order valence-electron chi connectivity index (χ3n) is 3.56. The Labute approximate surface area is 114 Å². The van der Waals surface area contributed by atoms with Crippen molar-refractivity contribution in [2.75, 3.05) is 6.61 Å². The maximum Gasteiger partial charge on any atom is 0.573 e. The number of carbonyl (C=O) groups excluding carboxylic acids is 1. The molecule has 1 aromatic rings. The van der Waals surface area contributed by atoms with Gasteiger partial charge in [0.05, 0.1) is 12.5 Å². The van der Waals surface area contributed by atoms with E-state index in [1.54, 1.807) is 19.1 Å². The largest absolute Gasteiger partial charge is 0.573 e. The maximum atomic E-state index is 12.1. The number of esters is 1. The Kier molecular flexibility index (Phi) is 3.67. The van der Waals surface area contributed by atoms with Crippen LogP contribution in [0.5, 0.6) is 5.75 Å². The second-order valence-electron chi connectivity index (χ2n) is 5.00. The molecule has 1 fully saturated rings. The summed E-state index contributed by atoms with van der Waals surface area (Å²) < 4.78 is 44.9. The molecular formula is C14H15F3O3. The van der Waals surface area contributed by atoms with Crippen LogP contribution in [0.3, 0.4) is 0 Å². The molecule has 2 atom stereocenters. The highest BCUT2D eigenvalue weighted by molar-refractivity contribution is 5.79. The fourth-order valence-electron chi connectivity index (χ4n) is 2.31. The van der Waals surface area contributed by atoms with Gasteiger partial charge < -0.3 is 9.47 Å². The maximum absolute atomic E-state index is 12.1. The number of ether oxygens (including phenoxy) is 2. The van der Waals surface area contributed by atoms with Crippen LogP contribution < -0.4 is 4.74 Å². The van der Waals surface area contributed by atoms with Crippen molar-refractivity contribution in [2.24, 2.45) is 5.92 Å². The molecule has 1 aromatic carbocycles. The van der Waals surface area contributed by atoms with Crippen molar-refractivity contribution in [1.82, 2.24) is 0 Å². The average Bonchev–Trinajstić information content (AvgIpc) is 3.02. The number of rotatable bonds is 4. The van der Waals surface area contributed by atoms with Gasteiger partial charge in [0.1, 0.15) is 5.75 Å². The van der Waals surface area contributed by atoms with Crippen LogP contribution in [0.2, 0.25) is 0 Å². The number of hydrogen-bond donors (Lipinski definition) is 0. The Morgan fingerprint density at radius 3 is 2.45 bits per heavy atom. The van der Waals surface area contributed by atoms with Crippen LogP contribution in [0.4, 0.5) is 13.2 Å². The van der Waals surface area contributed by atoms with E-state index in [1.165, 1.54) is 12.1 Å². The lowest BCUT2D eigenvalue weighted by Crippen LogP contribution is -2.17. The smallest absolute Gasteiger partial charge is 0.466 e. The first-order valence-corrected chi connectivity index (χ1v) is 6.29. The fourth-order valence-corrected chi connectivity index (χ4v) is 2.31. The van der Waals surface area contributed by atoms with Gasteiger partial charge in [-0.25, -0.2) is 0 Å². The first-order valence-electron chi connectivity index (χ1n) is 6.29. The third-order valence-corrected chi connectivity index (χ3v) is 3.56. The highest BCUT2D eigenvalue weighted by Gasteiger charge is 2.56. The quantitative estimate of drug-likeness (QED) is 0.796. The first-order chi connectivity index (χ1) is 9.26. The van der Waals surface area contributed by atoms with E-state index < -0.39 is 6.36 Å². The normalized spacial score (nSPS) is 25.1. The molecule has 1 saturated carbocycles. The van der Waals surface area contributed by atoms with Gasteiger partial charge in [0.2, 0.25) is 0 Å². The zero-order valence-corrected chi connectivity index (χ0v) is 11.2. The van der Waals surface area contributed by atoms with E-state index in [2.05, 4.69) is 4.74 Å². The summed E-state index contributed by atoms with van der Waals surface area (Å²) in [5.74, 6) is -0.749. The molecule has 0 aromatic heterocycles. The van der Waals surface area contributed by atoms with Crippen molar-refractivity contribution in [3.05, 3.63) is 29.8 Å². The molecule has 0 saturated heterocycles. The van der Waals surface area contributed by atoms with Crippen LogP contribution in [-0.4, -0.2) is 18.9 Å². The van der Waals surface area contributed by atoms with Crippen LogP contribution in [0.25, 0.3) is 0 Å². The van der Waals surface area contributed by atoms with Gasteiger partial charge >= 0.3 is 12.3 Å². The number of carbonyl (C=O) groups is 1. The summed E-state index contributed by atoms with van der Waals surface area (Å²) in [6, 6.07) is 5.63. The Hall–Kier alpha value is -1.72. The molecule has 1 aliphatic rings. The third kappa shape index (κ3) is 3.05. The summed E-state index contributed by atoms with van der Waals surface area (Å²) >= 11 is 0. The van der Waals surface area contributed by atoms with Crippen molar-refractivity contribution in [2.45, 2.75) is 32.0 Å². The van der Waals surface area contributed by atoms with Crippen molar-refractivity contribution < 1.29 is 27.4 Å². The molecule has 0 spiro atoms. The van der Waals surface area contributed by atoms with E-state index in [0.29, 0.717) is 13.0 Å². The lowest BCUT2D eigenvalue weighted by molar-refractivity contribution is -0.274. The molecule has 0 aliphatic heterocycles. The molecule has 1 aliphatic carbocycles. The van der Waals surface area contributed by atoms with E-state index in [9.17, 15) is 18.0 Å². The van der Waals surface area contributed by atoms with E-state index in [0.717, 1.165) is 5.56 Å². The summed E-state index contributed by atoms with van der Waals surface area (Å²) in [4.78, 5) is 11.7. The molecule has 0 amide bonds. The molecule has 2 rings (SSSR count). The van der Waals surface area contributed by atoms with Crippen molar-refractivity contribution in [3.63, 3.8) is 0 Å². The van der Waals surface area contributed by atoms with Gasteiger partial charge in [-0.05, 0) is 31.0 Å². The van der Waals surface area contributed by atoms with Crippen LogP contribution in [-0.2, 0) is 14.9 Å². The lowest BCUT2D eigenvalue weighted by atomic mass is 9.95. The van der Waals surface area contributed by atoms with Gasteiger partial charge in [-0.1, -0.05) is 19.1 Å². The Bertz CT molecular complexity index is 495. The average molecular weight is 288 g/mol. The molecule has 0 heterocycles. The summed E-state index contributed by atoms with van der Waals surface area (Å²) in [5.41, 5.74) is 0.452. The van der Waals surface area contributed by atoms with E-state index in [1.807, 2.05) is 6.92 Å². The summed E-state index contributed by atoms with van der Waals surface area (Å²) in [7, 11) is 0.